The maximum atomic E-state index is 12.0. The summed E-state index contributed by atoms with van der Waals surface area (Å²) in [6.07, 6.45) is 2.16. The largest absolute Gasteiger partial charge is 0.355 e. The molecule has 1 aromatic carbocycles. The van der Waals surface area contributed by atoms with E-state index in [4.69, 9.17) is 0 Å². The van der Waals surface area contributed by atoms with Crippen molar-refractivity contribution in [1.82, 2.24) is 10.6 Å². The van der Waals surface area contributed by atoms with Gasteiger partial charge in [-0.25, -0.2) is 0 Å². The van der Waals surface area contributed by atoms with Crippen molar-refractivity contribution >= 4 is 32.6 Å². The molecule has 1 atom stereocenters. The van der Waals surface area contributed by atoms with Gasteiger partial charge in [-0.05, 0) is 43.7 Å². The molecule has 0 radical (unpaired) electrons. The minimum Gasteiger partial charge on any atom is -0.355 e. The van der Waals surface area contributed by atoms with Gasteiger partial charge >= 0.3 is 0 Å². The first-order valence-electron chi connectivity index (χ1n) is 7.25. The maximum Gasteiger partial charge on any atom is 0.220 e. The molecule has 1 unspecified atom stereocenters. The first-order valence-corrected chi connectivity index (χ1v) is 9.36. The van der Waals surface area contributed by atoms with Gasteiger partial charge in [0.15, 0.2) is 0 Å². The Labute approximate surface area is 137 Å². The Morgan fingerprint density at radius 3 is 2.57 bits per heavy atom. The van der Waals surface area contributed by atoms with E-state index in [9.17, 15) is 9.00 Å². The quantitative estimate of drug-likeness (QED) is 0.618. The van der Waals surface area contributed by atoms with Gasteiger partial charge in [0.05, 0.1) is 10.8 Å². The summed E-state index contributed by atoms with van der Waals surface area (Å²) in [5.74, 6) is 0.546. The van der Waals surface area contributed by atoms with Crippen LogP contribution in [-0.2, 0) is 15.6 Å². The Bertz CT molecular complexity index is 451. The van der Waals surface area contributed by atoms with Crippen LogP contribution in [0.1, 0.15) is 26.2 Å². The first kappa shape index (κ1) is 18.3. The summed E-state index contributed by atoms with van der Waals surface area (Å²) < 4.78 is 13.0. The molecule has 0 aliphatic heterocycles. The Morgan fingerprint density at radius 2 is 1.90 bits per heavy atom. The first-order chi connectivity index (χ1) is 10.1. The normalized spacial score (nSPS) is 12.1. The Morgan fingerprint density at radius 1 is 1.19 bits per heavy atom. The predicted molar refractivity (Wildman–Crippen MR) is 90.8 cm³/mol. The van der Waals surface area contributed by atoms with Crippen molar-refractivity contribution in [1.29, 1.82) is 0 Å². The van der Waals surface area contributed by atoms with Gasteiger partial charge in [0.25, 0.3) is 0 Å². The van der Waals surface area contributed by atoms with Crippen LogP contribution >= 0.6 is 15.9 Å². The maximum absolute atomic E-state index is 12.0. The molecular formula is C15H23BrN2O2S. The number of rotatable bonds is 10. The highest BCUT2D eigenvalue weighted by atomic mass is 79.9. The highest BCUT2D eigenvalue weighted by Crippen LogP contribution is 2.14. The third-order valence-corrected chi connectivity index (χ3v) is 4.85. The van der Waals surface area contributed by atoms with Crippen molar-refractivity contribution in [3.8, 4) is 0 Å². The Balaban J connectivity index is 2.13. The fourth-order valence-corrected chi connectivity index (χ4v) is 3.09. The summed E-state index contributed by atoms with van der Waals surface area (Å²) in [6.45, 7) is 4.53. The number of nitrogens with one attached hydrogen (secondary N) is 2. The highest BCUT2D eigenvalue weighted by molar-refractivity contribution is 9.10. The standard InChI is InChI=1S/C15H23BrN2O2S/c1-2-9-17-10-11-18-15(19)4-3-12-21(20)14-7-5-13(16)6-8-14/h5-8,17H,2-4,9-12H2,1H3,(H,18,19). The van der Waals surface area contributed by atoms with Crippen molar-refractivity contribution < 1.29 is 9.00 Å². The highest BCUT2D eigenvalue weighted by Gasteiger charge is 2.06. The number of carbonyl (C=O) groups is 1. The van der Waals surface area contributed by atoms with Crippen molar-refractivity contribution in [3.63, 3.8) is 0 Å². The summed E-state index contributed by atoms with van der Waals surface area (Å²) in [5, 5.41) is 6.08. The van der Waals surface area contributed by atoms with Gasteiger partial charge in [0, 0.05) is 34.6 Å². The van der Waals surface area contributed by atoms with Crippen LogP contribution in [0, 0.1) is 0 Å². The van der Waals surface area contributed by atoms with E-state index in [1.807, 2.05) is 24.3 Å². The molecule has 118 valence electrons. The molecule has 1 rings (SSSR count). The molecule has 0 saturated carbocycles. The van der Waals surface area contributed by atoms with Crippen LogP contribution in [0.3, 0.4) is 0 Å². The van der Waals surface area contributed by atoms with Gasteiger partial charge in [0.2, 0.25) is 5.91 Å². The molecule has 6 heteroatoms. The van der Waals surface area contributed by atoms with Gasteiger partial charge in [0.1, 0.15) is 0 Å². The van der Waals surface area contributed by atoms with E-state index in [1.54, 1.807) is 0 Å². The van der Waals surface area contributed by atoms with Gasteiger partial charge in [-0.15, -0.1) is 0 Å². The van der Waals surface area contributed by atoms with Gasteiger partial charge in [-0.1, -0.05) is 22.9 Å². The van der Waals surface area contributed by atoms with Crippen LogP contribution in [-0.4, -0.2) is 35.5 Å². The predicted octanol–water partition coefficient (Wildman–Crippen LogP) is 2.45. The minimum absolute atomic E-state index is 0.0288. The zero-order valence-electron chi connectivity index (χ0n) is 12.4. The van der Waals surface area contributed by atoms with E-state index in [0.717, 1.165) is 28.9 Å². The van der Waals surface area contributed by atoms with E-state index in [0.29, 0.717) is 25.1 Å². The molecular weight excluding hydrogens is 352 g/mol. The van der Waals surface area contributed by atoms with Crippen LogP contribution in [0.15, 0.2) is 33.6 Å². The molecule has 0 heterocycles. The zero-order valence-corrected chi connectivity index (χ0v) is 14.8. The fourth-order valence-electron chi connectivity index (χ4n) is 1.75. The summed E-state index contributed by atoms with van der Waals surface area (Å²) in [6, 6.07) is 7.45. The molecule has 1 aromatic rings. The molecule has 0 bridgehead atoms. The Kier molecular flexibility index (Phi) is 9.54. The second kappa shape index (κ2) is 10.9. The monoisotopic (exact) mass is 374 g/mol. The van der Waals surface area contributed by atoms with Gasteiger partial charge in [-0.2, -0.15) is 0 Å². The second-order valence-electron chi connectivity index (χ2n) is 4.71. The van der Waals surface area contributed by atoms with Crippen LogP contribution < -0.4 is 10.6 Å². The van der Waals surface area contributed by atoms with E-state index in [-0.39, 0.29) is 5.91 Å². The van der Waals surface area contributed by atoms with E-state index >= 15 is 0 Å². The molecule has 21 heavy (non-hydrogen) atoms. The fraction of sp³-hybridized carbons (Fsp3) is 0.533. The summed E-state index contributed by atoms with van der Waals surface area (Å²) in [4.78, 5) is 12.4. The lowest BCUT2D eigenvalue weighted by Crippen LogP contribution is -2.32. The topological polar surface area (TPSA) is 58.2 Å². The van der Waals surface area contributed by atoms with E-state index < -0.39 is 10.8 Å². The van der Waals surface area contributed by atoms with Crippen LogP contribution in [0.2, 0.25) is 0 Å². The SMILES string of the molecule is CCCNCCNC(=O)CCCS(=O)c1ccc(Br)cc1. The van der Waals surface area contributed by atoms with Crippen molar-refractivity contribution in [3.05, 3.63) is 28.7 Å². The molecule has 0 aromatic heterocycles. The summed E-state index contributed by atoms with van der Waals surface area (Å²) >= 11 is 3.35. The number of hydrogen-bond acceptors (Lipinski definition) is 3. The lowest BCUT2D eigenvalue weighted by atomic mass is 10.3. The average molecular weight is 375 g/mol. The molecule has 0 fully saturated rings. The van der Waals surface area contributed by atoms with Gasteiger partial charge < -0.3 is 10.6 Å². The van der Waals surface area contributed by atoms with E-state index in [2.05, 4.69) is 33.5 Å². The van der Waals surface area contributed by atoms with Crippen molar-refractivity contribution in [2.24, 2.45) is 0 Å². The van der Waals surface area contributed by atoms with Gasteiger partial charge in [-0.3, -0.25) is 9.00 Å². The van der Waals surface area contributed by atoms with Crippen molar-refractivity contribution in [2.75, 3.05) is 25.4 Å². The van der Waals surface area contributed by atoms with E-state index in [1.165, 1.54) is 0 Å². The second-order valence-corrected chi connectivity index (χ2v) is 7.19. The molecule has 4 nitrogen and oxygen atoms in total. The Hall–Kier alpha value is -0.720. The molecule has 0 saturated heterocycles. The molecule has 0 aliphatic carbocycles. The minimum atomic E-state index is -1.03. The number of amides is 1. The van der Waals surface area contributed by atoms with Crippen LogP contribution in [0.25, 0.3) is 0 Å². The average Bonchev–Trinajstić information content (AvgIpc) is 2.47. The lowest BCUT2D eigenvalue weighted by molar-refractivity contribution is -0.121. The smallest absolute Gasteiger partial charge is 0.220 e. The number of benzene rings is 1. The molecule has 2 N–H and O–H groups in total. The summed E-state index contributed by atoms with van der Waals surface area (Å²) in [5.41, 5.74) is 0. The third kappa shape index (κ3) is 8.34. The third-order valence-electron chi connectivity index (χ3n) is 2.86. The molecule has 0 spiro atoms. The molecule has 1 amide bonds. The number of halogens is 1. The molecule has 0 aliphatic rings. The zero-order chi connectivity index (χ0) is 15.5. The van der Waals surface area contributed by atoms with Crippen molar-refractivity contribution in [2.45, 2.75) is 31.1 Å². The van der Waals surface area contributed by atoms with Crippen LogP contribution in [0.4, 0.5) is 0 Å². The lowest BCUT2D eigenvalue weighted by Gasteiger charge is -2.06. The van der Waals surface area contributed by atoms with Crippen LogP contribution in [0.5, 0.6) is 0 Å². The number of carbonyl (C=O) groups excluding carboxylic acids is 1. The number of hydrogen-bond donors (Lipinski definition) is 2. The summed E-state index contributed by atoms with van der Waals surface area (Å²) in [7, 11) is -1.03.